The van der Waals surface area contributed by atoms with Crippen LogP contribution in [0.2, 0.25) is 0 Å². The Hall–Kier alpha value is -0.240. The average Bonchev–Trinajstić information content (AvgIpc) is 2.75. The van der Waals surface area contributed by atoms with Gasteiger partial charge in [-0.1, -0.05) is 26.7 Å². The van der Waals surface area contributed by atoms with Gasteiger partial charge in [-0.05, 0) is 26.9 Å². The Morgan fingerprint density at radius 2 is 0.917 bits per heavy atom. The number of hydrogen-bond acceptors (Lipinski definition) is 6. The fraction of sp³-hybridized carbons (Fsp3) is 1.00. The minimum absolute atomic E-state index is 0. The molecule has 0 atom stereocenters. The summed E-state index contributed by atoms with van der Waals surface area (Å²) in [6.07, 6.45) is 4.69. The van der Waals surface area contributed by atoms with E-state index in [-0.39, 0.29) is 1.43 Å². The number of nitrogens with one attached hydrogen (secondary N) is 2. The third-order valence-electron chi connectivity index (χ3n) is 3.02. The van der Waals surface area contributed by atoms with Gasteiger partial charge in [0.25, 0.3) is 0 Å². The summed E-state index contributed by atoms with van der Waals surface area (Å²) in [6, 6.07) is 0. The normalized spacial score (nSPS) is 11.2. The zero-order chi connectivity index (χ0) is 22.1. The van der Waals surface area contributed by atoms with Crippen molar-refractivity contribution in [2.45, 2.75) is 39.5 Å². The van der Waals surface area contributed by atoms with Crippen molar-refractivity contribution in [3.63, 3.8) is 0 Å². The van der Waals surface area contributed by atoms with Gasteiger partial charge in [-0.15, -0.1) is 0 Å². The summed E-state index contributed by atoms with van der Waals surface area (Å²) >= 11 is 0. The molecule has 0 aromatic rings. The minimum atomic E-state index is 0. The van der Waals surface area contributed by atoms with E-state index in [9.17, 15) is 0 Å². The number of likely N-dealkylation sites (N-methyl/N-ethyl adjacent to an activating group) is 2. The molecule has 0 aromatic heterocycles. The fourth-order valence-corrected chi connectivity index (χ4v) is 1.49. The van der Waals surface area contributed by atoms with Crippen molar-refractivity contribution < 1.29 is 26.3 Å². The maximum atomic E-state index is 5.31. The maximum absolute atomic E-state index is 5.31. The highest BCUT2D eigenvalue weighted by Gasteiger charge is 1.89. The molecule has 154 valence electrons. The third kappa shape index (κ3) is 29.7. The molecule has 0 aliphatic rings. The molecule has 0 aromatic carbocycles. The van der Waals surface area contributed by atoms with Crippen LogP contribution >= 0.6 is 0 Å². The molecule has 2 N–H and O–H groups in total. The standard InChI is InChI=1S/2C9H21NO2.3H2/c2*1-3-4-6-11-8-9-12-7-5-10-2;;;/h2*10H,3-9H2,1-2H3;3*1H/i;;2*1+1D;1+1. The van der Waals surface area contributed by atoms with Crippen LogP contribution in [-0.4, -0.2) is 80.0 Å². The second-order valence-corrected chi connectivity index (χ2v) is 5.36. The minimum Gasteiger partial charge on any atom is -0.379 e. The van der Waals surface area contributed by atoms with Gasteiger partial charge in [0.2, 0.25) is 0 Å². The van der Waals surface area contributed by atoms with E-state index in [1.54, 1.807) is 0 Å². The molecule has 0 bridgehead atoms. The Balaban J connectivity index is -0.000000109. The summed E-state index contributed by atoms with van der Waals surface area (Å²) in [5.41, 5.74) is 0. The van der Waals surface area contributed by atoms with E-state index in [2.05, 4.69) is 24.5 Å². The molecule has 0 saturated heterocycles. The lowest BCUT2D eigenvalue weighted by Gasteiger charge is -2.04. The van der Waals surface area contributed by atoms with Crippen molar-refractivity contribution in [3.8, 4) is 0 Å². The molecule has 6 nitrogen and oxygen atoms in total. The van der Waals surface area contributed by atoms with Crippen molar-refractivity contribution in [3.05, 3.63) is 0 Å². The van der Waals surface area contributed by atoms with Crippen LogP contribution < -0.4 is 10.6 Å². The van der Waals surface area contributed by atoms with Crippen molar-refractivity contribution in [2.24, 2.45) is 0 Å². The van der Waals surface area contributed by atoms with Gasteiger partial charge in [0, 0.05) is 33.7 Å². The molecular weight excluding hydrogens is 308 g/mol. The highest BCUT2D eigenvalue weighted by atomic mass is 16.5. The van der Waals surface area contributed by atoms with Crippen LogP contribution in [-0.2, 0) is 18.9 Å². The van der Waals surface area contributed by atoms with Crippen LogP contribution in [0.3, 0.4) is 0 Å². The van der Waals surface area contributed by atoms with Gasteiger partial charge in [-0.25, -0.2) is 0 Å². The number of unbranched alkanes of at least 4 members (excludes halogenated alkanes) is 2. The van der Waals surface area contributed by atoms with Gasteiger partial charge >= 0.3 is 0 Å². The van der Waals surface area contributed by atoms with Crippen molar-refractivity contribution >= 4 is 0 Å². The summed E-state index contributed by atoms with van der Waals surface area (Å²) in [7, 11) is 3.84. The summed E-state index contributed by atoms with van der Waals surface area (Å²) in [4.78, 5) is 0. The quantitative estimate of drug-likeness (QED) is 0.366. The zero-order valence-corrected chi connectivity index (χ0v) is 16.5. The molecule has 0 rings (SSSR count). The Labute approximate surface area is 157 Å². The third-order valence-corrected chi connectivity index (χ3v) is 3.02. The van der Waals surface area contributed by atoms with E-state index in [1.807, 2.05) is 14.1 Å². The topological polar surface area (TPSA) is 61.0 Å². The number of hydrogen-bond donors (Lipinski definition) is 2. The van der Waals surface area contributed by atoms with Crippen molar-refractivity contribution in [1.29, 1.82) is 0 Å². The van der Waals surface area contributed by atoms with E-state index in [0.29, 0.717) is 13.2 Å². The van der Waals surface area contributed by atoms with Crippen LogP contribution in [0, 0.1) is 0 Å². The molecule has 0 amide bonds. The summed E-state index contributed by atoms with van der Waals surface area (Å²) in [5.74, 6) is 0. The molecule has 0 heterocycles. The number of ether oxygens (including phenoxy) is 4. The Morgan fingerprint density at radius 1 is 0.583 bits per heavy atom. The van der Waals surface area contributed by atoms with Crippen LogP contribution in [0.15, 0.2) is 0 Å². The van der Waals surface area contributed by atoms with Gasteiger partial charge < -0.3 is 29.6 Å². The van der Waals surface area contributed by atoms with E-state index in [4.69, 9.17) is 24.9 Å². The first kappa shape index (κ1) is 21.8. The first-order chi connectivity index (χ1) is 13.8. The molecule has 0 fully saturated rings. The second-order valence-electron chi connectivity index (χ2n) is 5.36. The second kappa shape index (κ2) is 27.6. The van der Waals surface area contributed by atoms with E-state index >= 15 is 0 Å². The van der Waals surface area contributed by atoms with Gasteiger partial charge in [0.1, 0.15) is 0 Å². The lowest BCUT2D eigenvalue weighted by Crippen LogP contribution is -2.16. The highest BCUT2D eigenvalue weighted by Crippen LogP contribution is 1.88. The largest absolute Gasteiger partial charge is 0.379 e. The molecule has 6 heteroatoms. The van der Waals surface area contributed by atoms with Gasteiger partial charge in [-0.3, -0.25) is 0 Å². The molecular formula is C18H48N2O4. The van der Waals surface area contributed by atoms with Crippen molar-refractivity contribution in [1.82, 2.24) is 10.6 Å². The molecule has 24 heavy (non-hydrogen) atoms. The Bertz CT molecular complexity index is 177. The van der Waals surface area contributed by atoms with Crippen LogP contribution in [0.4, 0.5) is 0 Å². The van der Waals surface area contributed by atoms with E-state index in [0.717, 1.165) is 65.6 Å². The first-order valence-corrected chi connectivity index (χ1v) is 9.43. The summed E-state index contributed by atoms with van der Waals surface area (Å²) in [6.45, 7) is 12.3. The first-order valence-electron chi connectivity index (χ1n) is 11.4. The van der Waals surface area contributed by atoms with Gasteiger partial charge in [-0.2, -0.15) is 0 Å². The predicted molar refractivity (Wildman–Crippen MR) is 107 cm³/mol. The fourth-order valence-electron chi connectivity index (χ4n) is 1.49. The summed E-state index contributed by atoms with van der Waals surface area (Å²) < 4.78 is 41.2. The van der Waals surface area contributed by atoms with Crippen LogP contribution in [0.5, 0.6) is 0 Å². The molecule has 0 aliphatic heterocycles. The SMILES string of the molecule is CCCCOCCOCCNC.CCCCOCCOCCNC.[2HH].[2H][2H].[2H][2H]. The van der Waals surface area contributed by atoms with Crippen molar-refractivity contribution in [2.75, 3.05) is 80.0 Å². The van der Waals surface area contributed by atoms with Crippen LogP contribution in [0.1, 0.15) is 46.9 Å². The van der Waals surface area contributed by atoms with E-state index < -0.39 is 0 Å². The zero-order valence-electron chi connectivity index (χ0n) is 20.5. The predicted octanol–water partition coefficient (Wildman–Crippen LogP) is 2.82. The van der Waals surface area contributed by atoms with Gasteiger partial charge in [0.05, 0.1) is 39.6 Å². The molecule has 0 unspecified atom stereocenters. The van der Waals surface area contributed by atoms with Crippen LogP contribution in [0.25, 0.3) is 0 Å². The highest BCUT2D eigenvalue weighted by molar-refractivity contribution is 4.38. The Morgan fingerprint density at radius 3 is 1.21 bits per heavy atom. The number of rotatable bonds is 18. The van der Waals surface area contributed by atoms with E-state index in [1.165, 1.54) is 12.8 Å². The molecule has 0 radical (unpaired) electrons. The molecule has 0 saturated carbocycles. The lowest BCUT2D eigenvalue weighted by molar-refractivity contribution is 0.0482. The average molecular weight is 362 g/mol. The Kier molecular flexibility index (Phi) is 25.1. The smallest absolute Gasteiger partial charge is 0.0701 e. The lowest BCUT2D eigenvalue weighted by atomic mass is 10.4. The monoisotopic (exact) mass is 361 g/mol. The summed E-state index contributed by atoms with van der Waals surface area (Å²) in [5, 5.41) is 6.03. The van der Waals surface area contributed by atoms with Gasteiger partial charge in [0.15, 0.2) is 0 Å². The maximum Gasteiger partial charge on any atom is 0.0701 e. The molecule has 0 aliphatic carbocycles. The molecule has 0 spiro atoms.